The van der Waals surface area contributed by atoms with Crippen molar-refractivity contribution in [2.45, 2.75) is 24.5 Å². The van der Waals surface area contributed by atoms with E-state index < -0.39 is 10.1 Å². The lowest BCUT2D eigenvalue weighted by molar-refractivity contribution is 0.484. The number of anilines is 1. The Morgan fingerprint density at radius 3 is 2.22 bits per heavy atom. The molecule has 0 amide bonds. The first-order valence-corrected chi connectivity index (χ1v) is 14.2. The topological polar surface area (TPSA) is 118 Å². The number of benzene rings is 4. The maximum absolute atomic E-state index is 12.0. The van der Waals surface area contributed by atoms with E-state index in [2.05, 4.69) is 39.5 Å². The van der Waals surface area contributed by atoms with E-state index in [1.54, 1.807) is 60.1 Å². The number of nitrogen functional groups attached to an aromatic ring is 1. The molecule has 7 nitrogen and oxygen atoms in total. The summed E-state index contributed by atoms with van der Waals surface area (Å²) >= 11 is 3.49. The van der Waals surface area contributed by atoms with Crippen molar-refractivity contribution in [3.05, 3.63) is 91.1 Å². The molecule has 3 N–H and O–H groups in total. The van der Waals surface area contributed by atoms with E-state index >= 15 is 0 Å². The second kappa shape index (κ2) is 9.31. The molecule has 182 valence electrons. The van der Waals surface area contributed by atoms with Gasteiger partial charge in [0.05, 0.1) is 17.6 Å². The second-order valence-electron chi connectivity index (χ2n) is 8.21. The molecule has 0 atom stereocenters. The molecular weight excluding hydrogens is 525 g/mol. The highest BCUT2D eigenvalue weighted by molar-refractivity contribution is 8.05. The van der Waals surface area contributed by atoms with Crippen LogP contribution in [0.2, 0.25) is 0 Å². The van der Waals surface area contributed by atoms with Gasteiger partial charge in [-0.1, -0.05) is 72.1 Å². The molecule has 1 aromatic heterocycles. The predicted molar refractivity (Wildman–Crippen MR) is 147 cm³/mol. The summed E-state index contributed by atoms with van der Waals surface area (Å²) in [5.74, 6) is 0. The molecule has 0 saturated heterocycles. The Bertz CT molecular complexity index is 1820. The van der Waals surface area contributed by atoms with Crippen molar-refractivity contribution in [1.29, 1.82) is 0 Å². The van der Waals surface area contributed by atoms with Crippen LogP contribution in [0.25, 0.3) is 22.0 Å². The van der Waals surface area contributed by atoms with E-state index in [4.69, 9.17) is 5.73 Å². The molecule has 1 aliphatic heterocycles. The van der Waals surface area contributed by atoms with Crippen molar-refractivity contribution in [2.24, 2.45) is 10.2 Å². The van der Waals surface area contributed by atoms with E-state index in [1.807, 2.05) is 24.3 Å². The molecule has 0 bridgehead atoms. The van der Waals surface area contributed by atoms with E-state index in [1.165, 1.54) is 20.8 Å². The van der Waals surface area contributed by atoms with Crippen molar-refractivity contribution < 1.29 is 13.0 Å². The summed E-state index contributed by atoms with van der Waals surface area (Å²) in [5, 5.41) is 9.17. The van der Waals surface area contributed by atoms with Gasteiger partial charge in [0, 0.05) is 35.9 Å². The molecule has 4 aromatic carbocycles. The lowest BCUT2D eigenvalue weighted by atomic mass is 10.1. The van der Waals surface area contributed by atoms with Gasteiger partial charge in [0.2, 0.25) is 0 Å². The maximum atomic E-state index is 12.0. The maximum Gasteiger partial charge on any atom is 0.295 e. The molecule has 0 spiro atoms. The summed E-state index contributed by atoms with van der Waals surface area (Å²) in [6, 6.07) is 26.1. The Balaban J connectivity index is 1.33. The molecule has 5 aromatic rings. The zero-order valence-electron chi connectivity index (χ0n) is 19.1. The quantitative estimate of drug-likeness (QED) is 0.133. The van der Waals surface area contributed by atoms with Crippen molar-refractivity contribution in [3.63, 3.8) is 0 Å². The molecule has 0 aliphatic carbocycles. The van der Waals surface area contributed by atoms with Crippen molar-refractivity contribution >= 4 is 61.5 Å². The smallest absolute Gasteiger partial charge is 0.295 e. The highest BCUT2D eigenvalue weighted by Crippen LogP contribution is 2.51. The van der Waals surface area contributed by atoms with Crippen LogP contribution >= 0.6 is 23.5 Å². The van der Waals surface area contributed by atoms with Crippen LogP contribution < -0.4 is 5.73 Å². The molecule has 10 heteroatoms. The highest BCUT2D eigenvalue weighted by Gasteiger charge is 2.21. The predicted octanol–water partition coefficient (Wildman–Crippen LogP) is 7.76. The number of hydrogen-bond acceptors (Lipinski definition) is 8. The minimum Gasteiger partial charge on any atom is -0.396 e. The number of nitrogens with two attached hydrogens (primary N) is 1. The zero-order valence-corrected chi connectivity index (χ0v) is 21.5. The molecule has 0 radical (unpaired) electrons. The Hall–Kier alpha value is -3.70. The Labute approximate surface area is 221 Å². The summed E-state index contributed by atoms with van der Waals surface area (Å²) in [6.07, 6.45) is 1.60. The number of pyridine rings is 1. The third kappa shape index (κ3) is 4.49. The van der Waals surface area contributed by atoms with Gasteiger partial charge in [0.25, 0.3) is 10.1 Å². The second-order valence-corrected chi connectivity index (χ2v) is 11.7. The van der Waals surface area contributed by atoms with Gasteiger partial charge in [-0.15, -0.1) is 10.2 Å². The minimum absolute atomic E-state index is 0.139. The van der Waals surface area contributed by atoms with Crippen LogP contribution in [0.1, 0.15) is 0 Å². The Morgan fingerprint density at radius 2 is 1.49 bits per heavy atom. The van der Waals surface area contributed by atoms with Crippen LogP contribution in [-0.4, -0.2) is 18.0 Å². The first-order valence-electron chi connectivity index (χ1n) is 11.1. The standard InChI is InChI=1S/C27H18N4O3S3/c28-26-18-7-2-1-6-17(18)25(37(32,33)34)14-21(26)31-30-16-12-13-20(29-15-16)19-8-5-11-24-27(19)36-23-10-4-3-9-22(23)35-24/h1-15H,28H2,(H,32,33,34). The third-order valence-electron chi connectivity index (χ3n) is 5.86. The van der Waals surface area contributed by atoms with Crippen LogP contribution in [0, 0.1) is 0 Å². The van der Waals surface area contributed by atoms with Crippen LogP contribution in [0.3, 0.4) is 0 Å². The highest BCUT2D eigenvalue weighted by atomic mass is 32.2. The van der Waals surface area contributed by atoms with Gasteiger partial charge >= 0.3 is 0 Å². The molecule has 37 heavy (non-hydrogen) atoms. The van der Waals surface area contributed by atoms with Gasteiger partial charge < -0.3 is 5.73 Å². The number of nitrogens with zero attached hydrogens (tertiary/aromatic N) is 3. The summed E-state index contributed by atoms with van der Waals surface area (Å²) in [7, 11) is -4.49. The lowest BCUT2D eigenvalue weighted by Gasteiger charge is -2.20. The molecule has 6 rings (SSSR count). The summed E-state index contributed by atoms with van der Waals surface area (Å²) in [4.78, 5) is 9.15. The van der Waals surface area contributed by atoms with Gasteiger partial charge in [0.1, 0.15) is 16.3 Å². The monoisotopic (exact) mass is 542 g/mol. The first kappa shape index (κ1) is 23.7. The van der Waals surface area contributed by atoms with Crippen molar-refractivity contribution in [2.75, 3.05) is 5.73 Å². The molecule has 0 unspecified atom stereocenters. The molecule has 2 heterocycles. The van der Waals surface area contributed by atoms with Gasteiger partial charge in [0.15, 0.2) is 0 Å². The number of hydrogen-bond donors (Lipinski definition) is 2. The van der Waals surface area contributed by atoms with Crippen LogP contribution in [0.4, 0.5) is 17.1 Å². The molecular formula is C27H18N4O3S3. The van der Waals surface area contributed by atoms with Gasteiger partial charge in [-0.2, -0.15) is 8.42 Å². The lowest BCUT2D eigenvalue weighted by Crippen LogP contribution is -2.01. The number of rotatable bonds is 4. The summed E-state index contributed by atoms with van der Waals surface area (Å²) in [6.45, 7) is 0. The summed E-state index contributed by atoms with van der Waals surface area (Å²) in [5.41, 5.74) is 8.96. The van der Waals surface area contributed by atoms with E-state index in [0.717, 1.165) is 16.2 Å². The fourth-order valence-electron chi connectivity index (χ4n) is 4.11. The van der Waals surface area contributed by atoms with E-state index in [-0.39, 0.29) is 16.3 Å². The summed E-state index contributed by atoms with van der Waals surface area (Å²) < 4.78 is 33.6. The molecule has 0 saturated carbocycles. The van der Waals surface area contributed by atoms with Crippen LogP contribution in [0.5, 0.6) is 0 Å². The van der Waals surface area contributed by atoms with Crippen LogP contribution in [-0.2, 0) is 10.1 Å². The fraction of sp³-hybridized carbons (Fsp3) is 0. The fourth-order valence-corrected chi connectivity index (χ4v) is 7.22. The minimum atomic E-state index is -4.49. The average molecular weight is 543 g/mol. The zero-order chi connectivity index (χ0) is 25.6. The van der Waals surface area contributed by atoms with Crippen molar-refractivity contribution in [1.82, 2.24) is 4.98 Å². The molecule has 1 aliphatic rings. The average Bonchev–Trinajstić information content (AvgIpc) is 2.91. The normalized spacial score (nSPS) is 13.0. The SMILES string of the molecule is Nc1c(N=Nc2ccc(-c3cccc4c3Sc3ccccc3S4)nc2)cc(S(=O)(=O)O)c2ccccc12. The Morgan fingerprint density at radius 1 is 0.784 bits per heavy atom. The van der Waals surface area contributed by atoms with Crippen molar-refractivity contribution in [3.8, 4) is 11.3 Å². The van der Waals surface area contributed by atoms with Gasteiger partial charge in [-0.3, -0.25) is 9.54 Å². The first-order chi connectivity index (χ1) is 17.9. The number of azo groups is 1. The van der Waals surface area contributed by atoms with E-state index in [9.17, 15) is 13.0 Å². The Kier molecular flexibility index (Phi) is 5.96. The molecule has 0 fully saturated rings. The number of fused-ring (bicyclic) bond motifs is 3. The van der Waals surface area contributed by atoms with E-state index in [0.29, 0.717) is 16.5 Å². The van der Waals surface area contributed by atoms with Gasteiger partial charge in [-0.05, 0) is 36.4 Å². The third-order valence-corrected chi connectivity index (χ3v) is 9.37. The van der Waals surface area contributed by atoms with Gasteiger partial charge in [-0.25, -0.2) is 0 Å². The van der Waals surface area contributed by atoms with Crippen LogP contribution in [0.15, 0.2) is 126 Å². The number of aromatic nitrogens is 1. The largest absolute Gasteiger partial charge is 0.396 e.